The van der Waals surface area contributed by atoms with E-state index in [0.29, 0.717) is 17.3 Å². The van der Waals surface area contributed by atoms with E-state index in [1.807, 2.05) is 22.9 Å². The minimum atomic E-state index is -3.50. The van der Waals surface area contributed by atoms with Crippen LogP contribution in [0.1, 0.15) is 16.7 Å². The first-order chi connectivity index (χ1) is 9.46. The van der Waals surface area contributed by atoms with Crippen molar-refractivity contribution >= 4 is 33.0 Å². The average Bonchev–Trinajstić information content (AvgIpc) is 2.91. The summed E-state index contributed by atoms with van der Waals surface area (Å²) in [7, 11) is -1.90. The predicted octanol–water partition coefficient (Wildman–Crippen LogP) is 3.62. The predicted molar refractivity (Wildman–Crippen MR) is 83.7 cm³/mol. The fraction of sp³-hybridized carbons (Fsp3) is 0.286. The highest BCUT2D eigenvalue weighted by Gasteiger charge is 2.23. The molecule has 1 heterocycles. The summed E-state index contributed by atoms with van der Waals surface area (Å²) in [5, 5.41) is 3.89. The van der Waals surface area contributed by atoms with Gasteiger partial charge in [-0.15, -0.1) is 11.6 Å². The molecule has 1 aromatic heterocycles. The van der Waals surface area contributed by atoms with Crippen LogP contribution in [0.25, 0.3) is 0 Å². The van der Waals surface area contributed by atoms with Gasteiger partial charge >= 0.3 is 0 Å². The van der Waals surface area contributed by atoms with E-state index in [2.05, 4.69) is 0 Å². The zero-order valence-corrected chi connectivity index (χ0v) is 13.7. The number of benzene rings is 1. The van der Waals surface area contributed by atoms with Crippen LogP contribution in [-0.2, 0) is 22.4 Å². The van der Waals surface area contributed by atoms with Crippen LogP contribution in [-0.4, -0.2) is 19.8 Å². The van der Waals surface area contributed by atoms with Crippen LogP contribution in [0.3, 0.4) is 0 Å². The number of halogens is 1. The largest absolute Gasteiger partial charge is 0.243 e. The number of hydrogen-bond acceptors (Lipinski definition) is 3. The molecule has 0 N–H and O–H groups in total. The molecule has 1 aromatic carbocycles. The lowest BCUT2D eigenvalue weighted by Crippen LogP contribution is -2.27. The molecule has 3 nitrogen and oxygen atoms in total. The Morgan fingerprint density at radius 2 is 2.05 bits per heavy atom. The Morgan fingerprint density at radius 3 is 2.65 bits per heavy atom. The maximum atomic E-state index is 12.6. The van der Waals surface area contributed by atoms with Gasteiger partial charge in [-0.25, -0.2) is 8.42 Å². The molecular weight excluding hydrogens is 314 g/mol. The summed E-state index contributed by atoms with van der Waals surface area (Å²) in [5.41, 5.74) is 2.56. The molecule has 108 valence electrons. The lowest BCUT2D eigenvalue weighted by molar-refractivity contribution is 0.466. The van der Waals surface area contributed by atoms with E-state index in [-0.39, 0.29) is 0 Å². The van der Waals surface area contributed by atoms with E-state index >= 15 is 0 Å². The summed E-state index contributed by atoms with van der Waals surface area (Å²) in [5.74, 6) is 0.309. The average molecular weight is 330 g/mol. The van der Waals surface area contributed by atoms with Crippen molar-refractivity contribution in [3.8, 4) is 0 Å². The van der Waals surface area contributed by atoms with Gasteiger partial charge in [0.1, 0.15) is 0 Å². The van der Waals surface area contributed by atoms with Crippen molar-refractivity contribution < 1.29 is 8.42 Å². The number of thiophene rings is 1. The van der Waals surface area contributed by atoms with Crippen molar-refractivity contribution in [1.82, 2.24) is 4.31 Å². The van der Waals surface area contributed by atoms with E-state index in [9.17, 15) is 8.42 Å². The van der Waals surface area contributed by atoms with E-state index < -0.39 is 10.0 Å². The Bertz CT molecular complexity index is 681. The van der Waals surface area contributed by atoms with Gasteiger partial charge in [0.15, 0.2) is 0 Å². The molecule has 0 spiro atoms. The minimum absolute atomic E-state index is 0.309. The van der Waals surface area contributed by atoms with Crippen LogP contribution in [0, 0.1) is 6.92 Å². The third kappa shape index (κ3) is 3.06. The molecule has 0 saturated heterocycles. The van der Waals surface area contributed by atoms with Crippen LogP contribution in [0.4, 0.5) is 0 Å². The van der Waals surface area contributed by atoms with Gasteiger partial charge in [-0.3, -0.25) is 0 Å². The van der Waals surface area contributed by atoms with Gasteiger partial charge in [0.2, 0.25) is 10.0 Å². The smallest absolute Gasteiger partial charge is 0.207 e. The van der Waals surface area contributed by atoms with E-state index in [0.717, 1.165) is 16.7 Å². The molecule has 6 heteroatoms. The second-order valence-corrected chi connectivity index (χ2v) is 7.63. The first kappa shape index (κ1) is 15.5. The van der Waals surface area contributed by atoms with Crippen LogP contribution in [0.15, 0.2) is 39.9 Å². The molecule has 0 aliphatic carbocycles. The van der Waals surface area contributed by atoms with E-state index in [1.165, 1.54) is 4.31 Å². The molecule has 0 aliphatic rings. The molecule has 20 heavy (non-hydrogen) atoms. The molecule has 0 atom stereocenters. The van der Waals surface area contributed by atoms with E-state index in [4.69, 9.17) is 11.6 Å². The molecule has 2 aromatic rings. The van der Waals surface area contributed by atoms with Gasteiger partial charge in [0, 0.05) is 19.5 Å². The fourth-order valence-electron chi connectivity index (χ4n) is 1.98. The highest BCUT2D eigenvalue weighted by molar-refractivity contribution is 7.89. The van der Waals surface area contributed by atoms with Gasteiger partial charge in [0.25, 0.3) is 0 Å². The summed E-state index contributed by atoms with van der Waals surface area (Å²) in [4.78, 5) is 0.327. The molecule has 0 amide bonds. The topological polar surface area (TPSA) is 37.4 Å². The molecule has 0 fully saturated rings. The summed E-state index contributed by atoms with van der Waals surface area (Å²) in [6.07, 6.45) is 0. The monoisotopic (exact) mass is 329 g/mol. The third-order valence-electron chi connectivity index (χ3n) is 3.21. The van der Waals surface area contributed by atoms with Crippen LogP contribution < -0.4 is 0 Å². The maximum absolute atomic E-state index is 12.6. The van der Waals surface area contributed by atoms with Crippen molar-refractivity contribution in [2.45, 2.75) is 24.2 Å². The fourth-order valence-corrected chi connectivity index (χ4v) is 4.35. The van der Waals surface area contributed by atoms with Gasteiger partial charge in [-0.1, -0.05) is 12.1 Å². The first-order valence-electron chi connectivity index (χ1n) is 6.08. The second kappa shape index (κ2) is 6.26. The number of sulfonamides is 1. The normalized spacial score (nSPS) is 12.0. The van der Waals surface area contributed by atoms with Crippen LogP contribution >= 0.6 is 22.9 Å². The highest BCUT2D eigenvalue weighted by Crippen LogP contribution is 2.24. The van der Waals surface area contributed by atoms with Gasteiger partial charge < -0.3 is 0 Å². The summed E-state index contributed by atoms with van der Waals surface area (Å²) in [6.45, 7) is 2.17. The highest BCUT2D eigenvalue weighted by atomic mass is 35.5. The molecular formula is C14H16ClNO2S2. The Labute approximate surface area is 128 Å². The van der Waals surface area contributed by atoms with Gasteiger partial charge in [-0.05, 0) is 46.5 Å². The summed E-state index contributed by atoms with van der Waals surface area (Å²) in [6, 6.07) is 7.14. The molecule has 0 aliphatic heterocycles. The SMILES string of the molecule is Cc1c(CCl)cccc1S(=O)(=O)N(C)Cc1ccsc1. The van der Waals surface area contributed by atoms with Crippen molar-refractivity contribution in [3.05, 3.63) is 51.7 Å². The number of nitrogens with zero attached hydrogens (tertiary/aromatic N) is 1. The Morgan fingerprint density at radius 1 is 1.30 bits per heavy atom. The zero-order chi connectivity index (χ0) is 14.8. The number of alkyl halides is 1. The van der Waals surface area contributed by atoms with Gasteiger partial charge in [0.05, 0.1) is 4.90 Å². The third-order valence-corrected chi connectivity index (χ3v) is 6.18. The lowest BCUT2D eigenvalue weighted by Gasteiger charge is -2.19. The molecule has 0 saturated carbocycles. The van der Waals surface area contributed by atoms with Crippen LogP contribution in [0.2, 0.25) is 0 Å². The zero-order valence-electron chi connectivity index (χ0n) is 11.3. The molecule has 0 unspecified atom stereocenters. The Balaban J connectivity index is 2.35. The van der Waals surface area contributed by atoms with Crippen LogP contribution in [0.5, 0.6) is 0 Å². The Hall–Kier alpha value is -0.880. The van der Waals surface area contributed by atoms with Gasteiger partial charge in [-0.2, -0.15) is 15.6 Å². The standard InChI is InChI=1S/C14H16ClNO2S2/c1-11-13(8-15)4-3-5-14(11)20(17,18)16(2)9-12-6-7-19-10-12/h3-7,10H,8-9H2,1-2H3. The van der Waals surface area contributed by atoms with Crippen molar-refractivity contribution in [3.63, 3.8) is 0 Å². The second-order valence-electron chi connectivity index (χ2n) is 4.57. The van der Waals surface area contributed by atoms with Crippen molar-refractivity contribution in [2.24, 2.45) is 0 Å². The molecule has 0 radical (unpaired) electrons. The van der Waals surface area contributed by atoms with E-state index in [1.54, 1.807) is 37.4 Å². The Kier molecular flexibility index (Phi) is 4.86. The van der Waals surface area contributed by atoms with Crippen molar-refractivity contribution in [1.29, 1.82) is 0 Å². The first-order valence-corrected chi connectivity index (χ1v) is 9.00. The quantitative estimate of drug-likeness (QED) is 0.786. The summed E-state index contributed by atoms with van der Waals surface area (Å²) >= 11 is 7.40. The minimum Gasteiger partial charge on any atom is -0.207 e. The molecule has 0 bridgehead atoms. The lowest BCUT2D eigenvalue weighted by atomic mass is 10.1. The number of rotatable bonds is 5. The summed E-state index contributed by atoms with van der Waals surface area (Å²) < 4.78 is 26.6. The maximum Gasteiger partial charge on any atom is 0.243 e. The molecule has 2 rings (SSSR count). The number of hydrogen-bond donors (Lipinski definition) is 0. The van der Waals surface area contributed by atoms with Crippen molar-refractivity contribution in [2.75, 3.05) is 7.05 Å².